The number of rotatable bonds is 3. The molecule has 0 aromatic carbocycles. The smallest absolute Gasteiger partial charge is 0.319 e. The molecule has 2 atom stereocenters. The van der Waals surface area contributed by atoms with Crippen molar-refractivity contribution in [3.05, 3.63) is 0 Å². The van der Waals surface area contributed by atoms with E-state index in [-0.39, 0.29) is 5.97 Å². The minimum Gasteiger partial charge on any atom is -0.468 e. The quantitative estimate of drug-likeness (QED) is 0.671. The summed E-state index contributed by atoms with van der Waals surface area (Å²) in [6.07, 6.45) is 3.73. The highest BCUT2D eigenvalue weighted by Crippen LogP contribution is 2.30. The number of ether oxygens (including phenoxy) is 1. The number of methoxy groups -OCH3 is 1. The number of nitrogens with zero attached hydrogens (tertiary/aromatic N) is 1. The van der Waals surface area contributed by atoms with Crippen molar-refractivity contribution in [3.8, 4) is 0 Å². The van der Waals surface area contributed by atoms with Crippen LogP contribution in [0.2, 0.25) is 0 Å². The summed E-state index contributed by atoms with van der Waals surface area (Å²) in [7, 11) is 3.47. The van der Waals surface area contributed by atoms with Crippen LogP contribution >= 0.6 is 0 Å². The van der Waals surface area contributed by atoms with Crippen LogP contribution in [0.5, 0.6) is 0 Å². The van der Waals surface area contributed by atoms with Crippen molar-refractivity contribution in [1.82, 2.24) is 4.90 Å². The molecule has 0 bridgehead atoms. The normalized spacial score (nSPS) is 31.7. The Balaban J connectivity index is 2.44. The summed E-state index contributed by atoms with van der Waals surface area (Å²) in [5, 5.41) is 0. The molecule has 0 radical (unpaired) electrons. The van der Waals surface area contributed by atoms with E-state index in [0.29, 0.717) is 12.6 Å². The van der Waals surface area contributed by atoms with Crippen LogP contribution in [0.1, 0.15) is 33.1 Å². The van der Waals surface area contributed by atoms with Crippen LogP contribution < -0.4 is 0 Å². The summed E-state index contributed by atoms with van der Waals surface area (Å²) in [6, 6.07) is 0.544. The molecule has 0 aliphatic heterocycles. The van der Waals surface area contributed by atoms with Gasteiger partial charge in [-0.25, -0.2) is 0 Å². The second kappa shape index (κ2) is 5.50. The van der Waals surface area contributed by atoms with Crippen molar-refractivity contribution in [2.24, 2.45) is 11.8 Å². The van der Waals surface area contributed by atoms with E-state index in [1.807, 2.05) is 7.05 Å². The van der Waals surface area contributed by atoms with Crippen molar-refractivity contribution in [2.45, 2.75) is 39.2 Å². The molecule has 3 heteroatoms. The molecule has 0 aromatic heterocycles. The predicted molar refractivity (Wildman–Crippen MR) is 60.6 cm³/mol. The summed E-state index contributed by atoms with van der Waals surface area (Å²) in [5.41, 5.74) is 0. The summed E-state index contributed by atoms with van der Waals surface area (Å²) in [4.78, 5) is 13.3. The fraction of sp³-hybridized carbons (Fsp3) is 0.917. The van der Waals surface area contributed by atoms with Gasteiger partial charge in [0, 0.05) is 6.04 Å². The second-order valence-electron chi connectivity index (χ2n) is 5.06. The molecule has 1 aliphatic carbocycles. The molecular weight excluding hydrogens is 190 g/mol. The van der Waals surface area contributed by atoms with Gasteiger partial charge < -0.3 is 4.74 Å². The van der Waals surface area contributed by atoms with Crippen LogP contribution in [0.3, 0.4) is 0 Å². The Kier molecular flexibility index (Phi) is 4.58. The van der Waals surface area contributed by atoms with Crippen LogP contribution in [0, 0.1) is 11.8 Å². The van der Waals surface area contributed by atoms with Crippen molar-refractivity contribution in [1.29, 1.82) is 0 Å². The van der Waals surface area contributed by atoms with Gasteiger partial charge in [-0.3, -0.25) is 9.69 Å². The first-order chi connectivity index (χ1) is 7.02. The van der Waals surface area contributed by atoms with Gasteiger partial charge in [-0.05, 0) is 38.1 Å². The average Bonchev–Trinajstić information content (AvgIpc) is 2.16. The summed E-state index contributed by atoms with van der Waals surface area (Å²) in [6.45, 7) is 5.02. The molecule has 3 nitrogen and oxygen atoms in total. The lowest BCUT2D eigenvalue weighted by molar-refractivity contribution is -0.142. The van der Waals surface area contributed by atoms with E-state index >= 15 is 0 Å². The first-order valence-corrected chi connectivity index (χ1v) is 5.80. The monoisotopic (exact) mass is 213 g/mol. The first-order valence-electron chi connectivity index (χ1n) is 5.80. The zero-order chi connectivity index (χ0) is 11.4. The lowest BCUT2D eigenvalue weighted by Gasteiger charge is -2.36. The van der Waals surface area contributed by atoms with Crippen molar-refractivity contribution in [2.75, 3.05) is 20.7 Å². The molecule has 0 amide bonds. The van der Waals surface area contributed by atoms with Gasteiger partial charge >= 0.3 is 5.97 Å². The van der Waals surface area contributed by atoms with Crippen LogP contribution in [0.15, 0.2) is 0 Å². The fourth-order valence-electron chi connectivity index (χ4n) is 2.66. The third kappa shape index (κ3) is 3.82. The highest BCUT2D eigenvalue weighted by atomic mass is 16.5. The molecule has 15 heavy (non-hydrogen) atoms. The zero-order valence-electron chi connectivity index (χ0n) is 10.3. The van der Waals surface area contributed by atoms with E-state index in [9.17, 15) is 4.79 Å². The Hall–Kier alpha value is -0.570. The van der Waals surface area contributed by atoms with Gasteiger partial charge in [-0.15, -0.1) is 0 Å². The van der Waals surface area contributed by atoms with Crippen molar-refractivity contribution in [3.63, 3.8) is 0 Å². The van der Waals surface area contributed by atoms with Gasteiger partial charge in [0.15, 0.2) is 0 Å². The van der Waals surface area contributed by atoms with Gasteiger partial charge in [-0.1, -0.05) is 13.8 Å². The molecule has 0 N–H and O–H groups in total. The van der Waals surface area contributed by atoms with E-state index in [1.165, 1.54) is 26.4 Å². The highest BCUT2D eigenvalue weighted by molar-refractivity contribution is 5.71. The number of esters is 1. The average molecular weight is 213 g/mol. The first kappa shape index (κ1) is 12.5. The lowest BCUT2D eigenvalue weighted by Crippen LogP contribution is -2.40. The van der Waals surface area contributed by atoms with Gasteiger partial charge in [0.1, 0.15) is 0 Å². The molecule has 1 rings (SSSR count). The van der Waals surface area contributed by atoms with E-state index in [4.69, 9.17) is 0 Å². The molecule has 0 spiro atoms. The molecular formula is C12H23NO2. The second-order valence-corrected chi connectivity index (χ2v) is 5.06. The van der Waals surface area contributed by atoms with Crippen LogP contribution in [0.4, 0.5) is 0 Å². The van der Waals surface area contributed by atoms with Crippen LogP contribution in [-0.2, 0) is 9.53 Å². The Morgan fingerprint density at radius 2 is 1.80 bits per heavy atom. The summed E-state index contributed by atoms with van der Waals surface area (Å²) >= 11 is 0. The largest absolute Gasteiger partial charge is 0.468 e. The number of hydrogen-bond acceptors (Lipinski definition) is 3. The van der Waals surface area contributed by atoms with Gasteiger partial charge in [0.05, 0.1) is 13.7 Å². The topological polar surface area (TPSA) is 29.5 Å². The van der Waals surface area contributed by atoms with E-state index < -0.39 is 0 Å². The summed E-state index contributed by atoms with van der Waals surface area (Å²) < 4.78 is 4.68. The predicted octanol–water partition coefficient (Wildman–Crippen LogP) is 1.92. The molecule has 0 saturated heterocycles. The van der Waals surface area contributed by atoms with Gasteiger partial charge in [0.2, 0.25) is 0 Å². The van der Waals surface area contributed by atoms with Crippen molar-refractivity contribution < 1.29 is 9.53 Å². The minimum atomic E-state index is -0.136. The molecule has 88 valence electrons. The Labute approximate surface area is 92.8 Å². The molecule has 0 heterocycles. The number of carbonyl (C=O) groups is 1. The van der Waals surface area contributed by atoms with Gasteiger partial charge in [0.25, 0.3) is 0 Å². The maximum atomic E-state index is 11.2. The third-order valence-electron chi connectivity index (χ3n) is 3.38. The maximum Gasteiger partial charge on any atom is 0.319 e. The zero-order valence-corrected chi connectivity index (χ0v) is 10.3. The summed E-state index contributed by atoms with van der Waals surface area (Å²) in [5.74, 6) is 1.42. The Morgan fingerprint density at radius 3 is 2.27 bits per heavy atom. The van der Waals surface area contributed by atoms with E-state index in [2.05, 4.69) is 23.5 Å². The maximum absolute atomic E-state index is 11.2. The standard InChI is InChI=1S/C12H23NO2/c1-9-5-10(2)7-11(6-9)13(3)8-12(14)15-4/h9-11H,5-8H2,1-4H3. The molecule has 1 saturated carbocycles. The minimum absolute atomic E-state index is 0.136. The van der Waals surface area contributed by atoms with Crippen molar-refractivity contribution >= 4 is 5.97 Å². The Morgan fingerprint density at radius 1 is 1.27 bits per heavy atom. The van der Waals surface area contributed by atoms with E-state index in [0.717, 1.165) is 11.8 Å². The van der Waals surface area contributed by atoms with Crippen LogP contribution in [-0.4, -0.2) is 37.6 Å². The molecule has 2 unspecified atom stereocenters. The number of hydrogen-bond donors (Lipinski definition) is 0. The fourth-order valence-corrected chi connectivity index (χ4v) is 2.66. The molecule has 1 fully saturated rings. The SMILES string of the molecule is COC(=O)CN(C)C1CC(C)CC(C)C1. The lowest BCUT2D eigenvalue weighted by atomic mass is 9.80. The Bertz CT molecular complexity index is 208. The third-order valence-corrected chi connectivity index (χ3v) is 3.38. The van der Waals surface area contributed by atoms with Gasteiger partial charge in [-0.2, -0.15) is 0 Å². The molecule has 1 aliphatic rings. The number of likely N-dealkylation sites (N-methyl/N-ethyl adjacent to an activating group) is 1. The highest BCUT2D eigenvalue weighted by Gasteiger charge is 2.27. The van der Waals surface area contributed by atoms with Crippen LogP contribution in [0.25, 0.3) is 0 Å². The van der Waals surface area contributed by atoms with E-state index in [1.54, 1.807) is 0 Å². The molecule has 0 aromatic rings. The number of carbonyl (C=O) groups excluding carboxylic acids is 1.